The highest BCUT2D eigenvalue weighted by atomic mass is 16.5. The second-order valence-corrected chi connectivity index (χ2v) is 5.22. The summed E-state index contributed by atoms with van der Waals surface area (Å²) in [6.07, 6.45) is 0.860. The maximum Gasteiger partial charge on any atom is 0.233 e. The fraction of sp³-hybridized carbons (Fsp3) is 0.923. The van der Waals surface area contributed by atoms with Crippen LogP contribution in [0.5, 0.6) is 0 Å². The number of nitrogens with zero attached hydrogens (tertiary/aromatic N) is 2. The maximum atomic E-state index is 11.6. The van der Waals surface area contributed by atoms with Gasteiger partial charge in [-0.05, 0) is 20.5 Å². The monoisotopic (exact) mass is 272 g/mol. The van der Waals surface area contributed by atoms with E-state index in [0.29, 0.717) is 25.7 Å². The van der Waals surface area contributed by atoms with E-state index in [4.69, 9.17) is 4.74 Å². The number of ether oxygens (including phenoxy) is 1. The molecular weight excluding hydrogens is 244 g/mol. The Balaban J connectivity index is 2.07. The number of piperazine rings is 1. The van der Waals surface area contributed by atoms with Gasteiger partial charge in [0, 0.05) is 52.5 Å². The Morgan fingerprint density at radius 1 is 1.37 bits per heavy atom. The molecule has 0 spiro atoms. The van der Waals surface area contributed by atoms with Crippen molar-refractivity contribution in [2.24, 2.45) is 0 Å². The van der Waals surface area contributed by atoms with Gasteiger partial charge >= 0.3 is 0 Å². The molecule has 0 aromatic rings. The minimum absolute atomic E-state index is 0.0583. The lowest BCUT2D eigenvalue weighted by molar-refractivity contribution is -0.120. The van der Waals surface area contributed by atoms with Gasteiger partial charge in [0.25, 0.3) is 0 Å². The Bertz CT molecular complexity index is 263. The SMILES string of the molecule is COCCCNC(=O)CNCC1CN(C)CCN1C. The molecule has 1 aliphatic rings. The Labute approximate surface area is 116 Å². The predicted octanol–water partition coefficient (Wildman–Crippen LogP) is -1.03. The fourth-order valence-corrected chi connectivity index (χ4v) is 2.18. The van der Waals surface area contributed by atoms with E-state index in [2.05, 4.69) is 34.5 Å². The molecule has 6 heteroatoms. The molecule has 2 N–H and O–H groups in total. The predicted molar refractivity (Wildman–Crippen MR) is 76.3 cm³/mol. The molecule has 1 atom stereocenters. The molecule has 0 saturated carbocycles. The summed E-state index contributed by atoms with van der Waals surface area (Å²) in [5, 5.41) is 6.10. The van der Waals surface area contributed by atoms with Crippen molar-refractivity contribution in [1.82, 2.24) is 20.4 Å². The van der Waals surface area contributed by atoms with Crippen molar-refractivity contribution in [3.05, 3.63) is 0 Å². The van der Waals surface area contributed by atoms with Gasteiger partial charge in [-0.25, -0.2) is 0 Å². The first-order chi connectivity index (χ1) is 9.13. The van der Waals surface area contributed by atoms with Gasteiger partial charge in [0.05, 0.1) is 6.54 Å². The molecule has 0 aromatic heterocycles. The third kappa shape index (κ3) is 6.87. The van der Waals surface area contributed by atoms with Crippen LogP contribution < -0.4 is 10.6 Å². The quantitative estimate of drug-likeness (QED) is 0.554. The lowest BCUT2D eigenvalue weighted by Crippen LogP contribution is -2.54. The van der Waals surface area contributed by atoms with Crippen molar-refractivity contribution in [2.45, 2.75) is 12.5 Å². The van der Waals surface area contributed by atoms with E-state index in [1.165, 1.54) is 0 Å². The maximum absolute atomic E-state index is 11.6. The van der Waals surface area contributed by atoms with Gasteiger partial charge in [-0.1, -0.05) is 0 Å². The molecule has 1 unspecified atom stereocenters. The number of carbonyl (C=O) groups excluding carboxylic acids is 1. The van der Waals surface area contributed by atoms with Crippen LogP contribution in [0.1, 0.15) is 6.42 Å². The smallest absolute Gasteiger partial charge is 0.233 e. The first kappa shape index (κ1) is 16.4. The first-order valence-corrected chi connectivity index (χ1v) is 6.98. The largest absolute Gasteiger partial charge is 0.385 e. The standard InChI is InChI=1S/C13H28N4O2/c1-16-6-7-17(2)12(11-16)9-14-10-13(18)15-5-4-8-19-3/h12,14H,4-11H2,1-3H3,(H,15,18). The molecule has 0 radical (unpaired) electrons. The Morgan fingerprint density at radius 2 is 2.16 bits per heavy atom. The zero-order valence-corrected chi connectivity index (χ0v) is 12.4. The third-order valence-electron chi connectivity index (χ3n) is 3.49. The van der Waals surface area contributed by atoms with E-state index in [0.717, 1.165) is 32.6 Å². The summed E-state index contributed by atoms with van der Waals surface area (Å²) in [7, 11) is 5.95. The average molecular weight is 272 g/mol. The highest BCUT2D eigenvalue weighted by molar-refractivity contribution is 5.77. The molecule has 1 saturated heterocycles. The zero-order valence-electron chi connectivity index (χ0n) is 12.4. The summed E-state index contributed by atoms with van der Waals surface area (Å²) in [6.45, 7) is 5.87. The van der Waals surface area contributed by atoms with Gasteiger partial charge in [0.2, 0.25) is 5.91 Å². The van der Waals surface area contributed by atoms with Gasteiger partial charge in [-0.15, -0.1) is 0 Å². The van der Waals surface area contributed by atoms with Gasteiger partial charge in [-0.2, -0.15) is 0 Å². The lowest BCUT2D eigenvalue weighted by Gasteiger charge is -2.37. The number of amides is 1. The molecular formula is C13H28N4O2. The number of hydrogen-bond donors (Lipinski definition) is 2. The minimum atomic E-state index is 0.0583. The normalized spacial score (nSPS) is 21.5. The van der Waals surface area contributed by atoms with Crippen molar-refractivity contribution < 1.29 is 9.53 Å². The topological polar surface area (TPSA) is 56.8 Å². The van der Waals surface area contributed by atoms with Crippen LogP contribution in [-0.4, -0.2) is 88.8 Å². The van der Waals surface area contributed by atoms with Crippen LogP contribution in [0.4, 0.5) is 0 Å². The van der Waals surface area contributed by atoms with Crippen molar-refractivity contribution in [2.75, 3.05) is 67.1 Å². The second-order valence-electron chi connectivity index (χ2n) is 5.22. The van der Waals surface area contributed by atoms with E-state index >= 15 is 0 Å². The van der Waals surface area contributed by atoms with E-state index in [9.17, 15) is 4.79 Å². The van der Waals surface area contributed by atoms with E-state index < -0.39 is 0 Å². The Hall–Kier alpha value is -0.690. The van der Waals surface area contributed by atoms with Crippen molar-refractivity contribution in [1.29, 1.82) is 0 Å². The van der Waals surface area contributed by atoms with Crippen LogP contribution in [0.2, 0.25) is 0 Å². The van der Waals surface area contributed by atoms with Crippen LogP contribution in [0.25, 0.3) is 0 Å². The molecule has 1 rings (SSSR count). The third-order valence-corrected chi connectivity index (χ3v) is 3.49. The molecule has 0 aromatic carbocycles. The van der Waals surface area contributed by atoms with E-state index in [1.54, 1.807) is 7.11 Å². The summed E-state index contributed by atoms with van der Waals surface area (Å²) < 4.78 is 4.93. The van der Waals surface area contributed by atoms with Crippen molar-refractivity contribution >= 4 is 5.91 Å². The number of methoxy groups -OCH3 is 1. The summed E-state index contributed by atoms with van der Waals surface area (Å²) in [6, 6.07) is 0.486. The number of carbonyl (C=O) groups is 1. The molecule has 1 amide bonds. The molecule has 6 nitrogen and oxygen atoms in total. The van der Waals surface area contributed by atoms with Crippen LogP contribution >= 0.6 is 0 Å². The molecule has 19 heavy (non-hydrogen) atoms. The van der Waals surface area contributed by atoms with Crippen LogP contribution in [0.15, 0.2) is 0 Å². The summed E-state index contributed by atoms with van der Waals surface area (Å²) in [5.41, 5.74) is 0. The van der Waals surface area contributed by atoms with Crippen molar-refractivity contribution in [3.63, 3.8) is 0 Å². The van der Waals surface area contributed by atoms with E-state index in [-0.39, 0.29) is 5.91 Å². The zero-order chi connectivity index (χ0) is 14.1. The van der Waals surface area contributed by atoms with Gasteiger partial charge in [0.1, 0.15) is 0 Å². The van der Waals surface area contributed by atoms with E-state index in [1.807, 2.05) is 0 Å². The highest BCUT2D eigenvalue weighted by Crippen LogP contribution is 2.04. The fourth-order valence-electron chi connectivity index (χ4n) is 2.18. The molecule has 1 heterocycles. The molecule has 0 aliphatic carbocycles. The molecule has 1 fully saturated rings. The minimum Gasteiger partial charge on any atom is -0.385 e. The number of hydrogen-bond acceptors (Lipinski definition) is 5. The summed E-state index contributed by atoms with van der Waals surface area (Å²) in [4.78, 5) is 16.2. The van der Waals surface area contributed by atoms with Gasteiger partial charge < -0.3 is 20.3 Å². The van der Waals surface area contributed by atoms with Crippen molar-refractivity contribution in [3.8, 4) is 0 Å². The average Bonchev–Trinajstić information content (AvgIpc) is 2.39. The number of nitrogens with one attached hydrogen (secondary N) is 2. The Morgan fingerprint density at radius 3 is 2.89 bits per heavy atom. The van der Waals surface area contributed by atoms with Crippen LogP contribution in [0.3, 0.4) is 0 Å². The summed E-state index contributed by atoms with van der Waals surface area (Å²) in [5.74, 6) is 0.0583. The van der Waals surface area contributed by atoms with Crippen LogP contribution in [-0.2, 0) is 9.53 Å². The van der Waals surface area contributed by atoms with Gasteiger partial charge in [-0.3, -0.25) is 9.69 Å². The lowest BCUT2D eigenvalue weighted by atomic mass is 10.2. The first-order valence-electron chi connectivity index (χ1n) is 6.98. The van der Waals surface area contributed by atoms with Crippen LogP contribution in [0, 0.1) is 0 Å². The molecule has 0 bridgehead atoms. The van der Waals surface area contributed by atoms with Gasteiger partial charge in [0.15, 0.2) is 0 Å². The number of rotatable bonds is 8. The summed E-state index contributed by atoms with van der Waals surface area (Å²) >= 11 is 0. The molecule has 1 aliphatic heterocycles. The number of likely N-dealkylation sites (N-methyl/N-ethyl adjacent to an activating group) is 2. The second kappa shape index (κ2) is 9.25. The molecule has 112 valence electrons. The Kier molecular flexibility index (Phi) is 7.97. The highest BCUT2D eigenvalue weighted by Gasteiger charge is 2.21.